The molecule has 3 aromatic rings. The van der Waals surface area contributed by atoms with Crippen LogP contribution >= 0.6 is 0 Å². The lowest BCUT2D eigenvalue weighted by Gasteiger charge is -2.57. The maximum absolute atomic E-state index is 13.5. The summed E-state index contributed by atoms with van der Waals surface area (Å²) in [6.07, 6.45) is 17.5. The van der Waals surface area contributed by atoms with Crippen LogP contribution in [0.4, 0.5) is 5.69 Å². The van der Waals surface area contributed by atoms with E-state index in [1.165, 1.54) is 63.4 Å². The van der Waals surface area contributed by atoms with Gasteiger partial charge in [-0.05, 0) is 167 Å². The molecular weight excluding hydrogens is 544 g/mol. The molecule has 0 spiro atoms. The topological polar surface area (TPSA) is 79.2 Å². The third-order valence-corrected chi connectivity index (χ3v) is 12.8. The number of carbonyl (C=O) groups excluding carboxylic acids is 1. The van der Waals surface area contributed by atoms with Crippen molar-refractivity contribution in [1.82, 2.24) is 15.1 Å². The maximum Gasteiger partial charge on any atom is 0.280 e. The number of rotatable bonds is 6. The molecule has 44 heavy (non-hydrogen) atoms. The number of carbonyl (C=O) groups is 1. The van der Waals surface area contributed by atoms with Gasteiger partial charge in [-0.3, -0.25) is 19.7 Å². The van der Waals surface area contributed by atoms with Gasteiger partial charge in [-0.15, -0.1) is 0 Å². The fourth-order valence-corrected chi connectivity index (χ4v) is 11.7. The molecular formula is C38H44N4O2. The highest BCUT2D eigenvalue weighted by Crippen LogP contribution is 2.61. The van der Waals surface area contributed by atoms with Gasteiger partial charge in [0.15, 0.2) is 0 Å². The molecule has 228 valence electrons. The largest absolute Gasteiger partial charge is 0.347 e. The molecule has 0 unspecified atom stereocenters. The standard InChI is InChI=1S/C38H44N4O2/c1-23-34(22-39-32-6-2-30(3-7-32)35(43)40-38-19-27-13-28(20-38)15-29(14-27)21-38)36(44)42(41-23)33-8-4-31(5-9-33)37-16-24-10-25(17-37)12-26(11-24)18-37/h2-9,22,24-29,41H,10-21H2,1H3,(H,40,43). The summed E-state index contributed by atoms with van der Waals surface area (Å²) in [5.41, 5.74) is 5.33. The van der Waals surface area contributed by atoms with E-state index in [2.05, 4.69) is 39.7 Å². The van der Waals surface area contributed by atoms with Crippen molar-refractivity contribution in [1.29, 1.82) is 0 Å². The first-order chi connectivity index (χ1) is 21.3. The second-order valence-corrected chi connectivity index (χ2v) is 16.0. The van der Waals surface area contributed by atoms with E-state index in [0.29, 0.717) is 16.5 Å². The molecule has 0 saturated heterocycles. The first-order valence-electron chi connectivity index (χ1n) is 17.2. The van der Waals surface area contributed by atoms with Crippen molar-refractivity contribution in [3.05, 3.63) is 81.3 Å². The van der Waals surface area contributed by atoms with Gasteiger partial charge in [0.2, 0.25) is 0 Å². The molecule has 8 aliphatic rings. The van der Waals surface area contributed by atoms with Crippen LogP contribution in [0.2, 0.25) is 0 Å². The van der Waals surface area contributed by atoms with Gasteiger partial charge in [0.05, 0.1) is 16.9 Å². The van der Waals surface area contributed by atoms with Gasteiger partial charge in [0, 0.05) is 23.0 Å². The molecule has 0 aliphatic heterocycles. The summed E-state index contributed by atoms with van der Waals surface area (Å²) >= 11 is 0. The zero-order valence-corrected chi connectivity index (χ0v) is 25.9. The number of benzene rings is 2. The number of H-pyrrole nitrogens is 1. The van der Waals surface area contributed by atoms with E-state index in [1.54, 1.807) is 10.9 Å². The smallest absolute Gasteiger partial charge is 0.280 e. The Kier molecular flexibility index (Phi) is 6.00. The monoisotopic (exact) mass is 588 g/mol. The number of nitrogens with one attached hydrogen (secondary N) is 2. The van der Waals surface area contributed by atoms with Gasteiger partial charge in [-0.2, -0.15) is 0 Å². The lowest BCUT2D eigenvalue weighted by atomic mass is 9.48. The number of amides is 1. The molecule has 6 nitrogen and oxygen atoms in total. The van der Waals surface area contributed by atoms with Gasteiger partial charge in [-0.25, -0.2) is 4.68 Å². The predicted molar refractivity (Wildman–Crippen MR) is 173 cm³/mol. The van der Waals surface area contributed by atoms with Gasteiger partial charge in [0.25, 0.3) is 11.5 Å². The third kappa shape index (κ3) is 4.46. The summed E-state index contributed by atoms with van der Waals surface area (Å²) in [4.78, 5) is 31.3. The van der Waals surface area contributed by atoms with E-state index in [9.17, 15) is 9.59 Å². The molecule has 8 bridgehead atoms. The molecule has 8 aliphatic carbocycles. The Labute approximate surface area is 259 Å². The van der Waals surface area contributed by atoms with Crippen molar-refractivity contribution in [2.75, 3.05) is 0 Å². The van der Waals surface area contributed by atoms with Crippen LogP contribution in [-0.2, 0) is 5.41 Å². The Morgan fingerprint density at radius 3 is 1.86 bits per heavy atom. The summed E-state index contributed by atoms with van der Waals surface area (Å²) in [5, 5.41) is 6.73. The third-order valence-electron chi connectivity index (χ3n) is 12.8. The molecule has 1 aromatic heterocycles. The fraction of sp³-hybridized carbons (Fsp3) is 0.553. The number of aromatic amines is 1. The molecule has 8 saturated carbocycles. The molecule has 2 N–H and O–H groups in total. The Morgan fingerprint density at radius 1 is 0.795 bits per heavy atom. The van der Waals surface area contributed by atoms with Crippen LogP contribution in [0.1, 0.15) is 104 Å². The highest BCUT2D eigenvalue weighted by molar-refractivity contribution is 5.95. The van der Waals surface area contributed by atoms with E-state index in [-0.39, 0.29) is 17.0 Å². The maximum atomic E-state index is 13.5. The van der Waals surface area contributed by atoms with Gasteiger partial charge in [0.1, 0.15) is 0 Å². The van der Waals surface area contributed by atoms with Crippen LogP contribution < -0.4 is 10.9 Å². The molecule has 1 heterocycles. The van der Waals surface area contributed by atoms with Crippen molar-refractivity contribution < 1.29 is 4.79 Å². The van der Waals surface area contributed by atoms with E-state index in [4.69, 9.17) is 0 Å². The van der Waals surface area contributed by atoms with Crippen LogP contribution in [0.15, 0.2) is 58.3 Å². The molecule has 8 fully saturated rings. The first-order valence-corrected chi connectivity index (χ1v) is 17.2. The minimum absolute atomic E-state index is 0.00348. The Hall–Kier alpha value is -3.41. The van der Waals surface area contributed by atoms with Crippen LogP contribution in [0, 0.1) is 42.4 Å². The minimum atomic E-state index is -0.0969. The number of aliphatic imine (C=N–C) groups is 1. The van der Waals surface area contributed by atoms with Crippen molar-refractivity contribution in [3.63, 3.8) is 0 Å². The quantitative estimate of drug-likeness (QED) is 0.295. The number of hydrogen-bond donors (Lipinski definition) is 2. The highest BCUT2D eigenvalue weighted by Gasteiger charge is 2.52. The average molecular weight is 589 g/mol. The van der Waals surface area contributed by atoms with E-state index in [1.807, 2.05) is 31.2 Å². The molecule has 0 radical (unpaired) electrons. The molecule has 11 rings (SSSR count). The van der Waals surface area contributed by atoms with Crippen molar-refractivity contribution >= 4 is 17.8 Å². The lowest BCUT2D eigenvalue weighted by Crippen LogP contribution is -2.59. The summed E-state index contributed by atoms with van der Waals surface area (Å²) in [6, 6.07) is 16.2. The van der Waals surface area contributed by atoms with Crippen molar-refractivity contribution in [3.8, 4) is 5.69 Å². The van der Waals surface area contributed by atoms with Gasteiger partial charge >= 0.3 is 0 Å². The van der Waals surface area contributed by atoms with Crippen LogP contribution in [0.5, 0.6) is 0 Å². The SMILES string of the molecule is Cc1[nH]n(-c2ccc(C34CC5CC(CC(C5)C3)C4)cc2)c(=O)c1C=Nc1ccc(C(=O)NC23CC4CC(CC(C4)C2)C3)cc1. The lowest BCUT2D eigenvalue weighted by molar-refractivity contribution is -0.0167. The Bertz CT molecular complexity index is 1620. The number of hydrogen-bond acceptors (Lipinski definition) is 3. The highest BCUT2D eigenvalue weighted by atomic mass is 16.2. The summed E-state index contributed by atoms with van der Waals surface area (Å²) in [6.45, 7) is 1.92. The van der Waals surface area contributed by atoms with Gasteiger partial charge in [-0.1, -0.05) is 12.1 Å². The number of aromatic nitrogens is 2. The summed E-state index contributed by atoms with van der Waals surface area (Å²) < 4.78 is 1.64. The Morgan fingerprint density at radius 2 is 1.32 bits per heavy atom. The molecule has 1 amide bonds. The van der Waals surface area contributed by atoms with E-state index < -0.39 is 0 Å². The second-order valence-electron chi connectivity index (χ2n) is 16.0. The normalized spacial score (nSPS) is 36.4. The average Bonchev–Trinajstić information content (AvgIpc) is 3.27. The van der Waals surface area contributed by atoms with Crippen molar-refractivity contribution in [2.24, 2.45) is 40.5 Å². The summed E-state index contributed by atoms with van der Waals surface area (Å²) in [5.74, 6) is 5.16. The zero-order valence-electron chi connectivity index (χ0n) is 25.9. The first kappa shape index (κ1) is 26.9. The van der Waals surface area contributed by atoms with Crippen LogP contribution in [-0.4, -0.2) is 27.4 Å². The summed E-state index contributed by atoms with van der Waals surface area (Å²) in [7, 11) is 0. The van der Waals surface area contributed by atoms with E-state index in [0.717, 1.165) is 71.8 Å². The molecule has 2 aromatic carbocycles. The number of nitrogens with zero attached hydrogens (tertiary/aromatic N) is 2. The predicted octanol–water partition coefficient (Wildman–Crippen LogP) is 7.39. The minimum Gasteiger partial charge on any atom is -0.347 e. The number of aryl methyl sites for hydroxylation is 1. The van der Waals surface area contributed by atoms with Crippen molar-refractivity contribution in [2.45, 2.75) is 94.9 Å². The second kappa shape index (κ2) is 9.79. The fourth-order valence-electron chi connectivity index (χ4n) is 11.7. The molecule has 0 atom stereocenters. The van der Waals surface area contributed by atoms with E-state index >= 15 is 0 Å². The zero-order chi connectivity index (χ0) is 29.6. The van der Waals surface area contributed by atoms with Crippen LogP contribution in [0.25, 0.3) is 5.69 Å². The van der Waals surface area contributed by atoms with Crippen LogP contribution in [0.3, 0.4) is 0 Å². The van der Waals surface area contributed by atoms with Gasteiger partial charge < -0.3 is 5.32 Å². The Balaban J connectivity index is 0.891. The molecule has 6 heteroatoms.